The molecular weight excluding hydrogens is 447 g/mol. The number of halogens is 2. The minimum Gasteiger partial charge on any atom is -0.454 e. The first-order valence-electron chi connectivity index (χ1n) is 8.71. The summed E-state index contributed by atoms with van der Waals surface area (Å²) in [5, 5.41) is 20.9. The van der Waals surface area contributed by atoms with Crippen molar-refractivity contribution in [3.05, 3.63) is 46.1 Å². The van der Waals surface area contributed by atoms with Gasteiger partial charge in [-0.05, 0) is 36.8 Å². The van der Waals surface area contributed by atoms with Crippen LogP contribution < -0.4 is 15.9 Å². The van der Waals surface area contributed by atoms with Gasteiger partial charge in [0.15, 0.2) is 5.75 Å². The number of benzene rings is 2. The zero-order valence-electron chi connectivity index (χ0n) is 15.9. The highest BCUT2D eigenvalue weighted by molar-refractivity contribution is 6.44. The van der Waals surface area contributed by atoms with Gasteiger partial charge in [0.1, 0.15) is 11.8 Å². The number of primary amides is 1. The summed E-state index contributed by atoms with van der Waals surface area (Å²) in [6.45, 7) is 2.01. The molecule has 0 saturated heterocycles. The average molecular weight is 461 g/mol. The lowest BCUT2D eigenvalue weighted by Crippen LogP contribution is -2.24. The predicted octanol–water partition coefficient (Wildman–Crippen LogP) is 4.14. The molecule has 12 heteroatoms. The number of aryl methyl sites for hydroxylation is 1. The van der Waals surface area contributed by atoms with Gasteiger partial charge in [0.05, 0.1) is 21.2 Å². The topological polar surface area (TPSA) is 155 Å². The number of carbonyl (C=O) groups is 2. The molecule has 0 radical (unpaired) electrons. The number of amides is 1. The van der Waals surface area contributed by atoms with Gasteiger partial charge in [-0.15, -0.1) is 0 Å². The average Bonchev–Trinajstić information content (AvgIpc) is 3.13. The van der Waals surface area contributed by atoms with Gasteiger partial charge in [0.25, 0.3) is 0 Å². The van der Waals surface area contributed by atoms with Crippen LogP contribution in [-0.4, -0.2) is 28.0 Å². The van der Waals surface area contributed by atoms with Crippen LogP contribution in [0.15, 0.2) is 35.4 Å². The molecule has 3 aromatic rings. The van der Waals surface area contributed by atoms with Gasteiger partial charge in [-0.2, -0.15) is 15.5 Å². The minimum absolute atomic E-state index is 0.145. The predicted molar refractivity (Wildman–Crippen MR) is 114 cm³/mol. The van der Waals surface area contributed by atoms with E-state index in [2.05, 4.69) is 25.5 Å². The number of nitrogens with zero attached hydrogens (tertiary/aromatic N) is 3. The number of fused-ring (bicyclic) bond motifs is 1. The number of hydrogen-bond donors (Lipinski definition) is 3. The SMILES string of the molecule is CCc1[nH]nc2ccc(Oc3c(Cl)cc(N/N=C(/C#N)C(=O)OC(N)=O)cc3Cl)cc12. The van der Waals surface area contributed by atoms with Crippen molar-refractivity contribution in [1.29, 1.82) is 5.26 Å². The summed E-state index contributed by atoms with van der Waals surface area (Å²) in [6.07, 6.45) is -0.583. The number of rotatable bonds is 6. The van der Waals surface area contributed by atoms with Gasteiger partial charge >= 0.3 is 12.1 Å². The van der Waals surface area contributed by atoms with Crippen molar-refractivity contribution in [2.45, 2.75) is 13.3 Å². The van der Waals surface area contributed by atoms with Crippen LogP contribution >= 0.6 is 23.2 Å². The number of nitrogens with one attached hydrogen (secondary N) is 2. The number of hydrazone groups is 1. The number of nitriles is 1. The Labute approximate surface area is 185 Å². The van der Waals surface area contributed by atoms with E-state index in [1.165, 1.54) is 18.2 Å². The quantitative estimate of drug-likeness (QED) is 0.216. The number of aromatic nitrogens is 2. The number of hydrogen-bond acceptors (Lipinski definition) is 8. The number of anilines is 1. The number of carbonyl (C=O) groups excluding carboxylic acids is 2. The van der Waals surface area contributed by atoms with Gasteiger partial charge in [0.2, 0.25) is 5.71 Å². The zero-order valence-corrected chi connectivity index (χ0v) is 17.4. The standard InChI is InChI=1S/C19H14Cl2N6O4/c1-2-14-11-7-10(3-4-15(11)26-25-14)30-17-12(20)5-9(6-13(17)21)24-27-16(8-22)18(28)31-19(23)29/h3-7,24H,2H2,1H3,(H2,23,29)(H,25,26)/b27-16-. The zero-order chi connectivity index (χ0) is 22.5. The third-order valence-corrected chi connectivity index (χ3v) is 4.53. The molecule has 0 spiro atoms. The first-order chi connectivity index (χ1) is 14.8. The molecule has 4 N–H and O–H groups in total. The molecule has 0 aliphatic rings. The van der Waals surface area contributed by atoms with E-state index in [0.717, 1.165) is 23.0 Å². The number of aromatic amines is 1. The molecule has 0 bridgehead atoms. The van der Waals surface area contributed by atoms with Crippen molar-refractivity contribution >= 4 is 57.6 Å². The van der Waals surface area contributed by atoms with E-state index in [4.69, 9.17) is 38.9 Å². The summed E-state index contributed by atoms with van der Waals surface area (Å²) in [4.78, 5) is 22.1. The molecule has 158 valence electrons. The van der Waals surface area contributed by atoms with Crippen molar-refractivity contribution in [1.82, 2.24) is 10.2 Å². The van der Waals surface area contributed by atoms with Crippen molar-refractivity contribution in [3.8, 4) is 17.6 Å². The van der Waals surface area contributed by atoms with Gasteiger partial charge in [0, 0.05) is 11.1 Å². The Morgan fingerprint density at radius 3 is 2.61 bits per heavy atom. The van der Waals surface area contributed by atoms with Crippen LogP contribution in [-0.2, 0) is 16.0 Å². The Morgan fingerprint density at radius 2 is 2.00 bits per heavy atom. The number of ether oxygens (including phenoxy) is 2. The van der Waals surface area contributed by atoms with Crippen molar-refractivity contribution in [2.24, 2.45) is 10.8 Å². The molecule has 0 saturated carbocycles. The van der Waals surface area contributed by atoms with Gasteiger partial charge < -0.3 is 15.2 Å². The molecule has 0 fully saturated rings. The van der Waals surface area contributed by atoms with E-state index in [0.29, 0.717) is 5.75 Å². The Hall–Kier alpha value is -3.81. The van der Waals surface area contributed by atoms with E-state index in [-0.39, 0.29) is 21.5 Å². The molecule has 1 heterocycles. The molecule has 10 nitrogen and oxygen atoms in total. The molecule has 1 amide bonds. The maximum atomic E-state index is 11.5. The van der Waals surface area contributed by atoms with Crippen molar-refractivity contribution in [3.63, 3.8) is 0 Å². The first-order valence-corrected chi connectivity index (χ1v) is 9.47. The first kappa shape index (κ1) is 21.9. The van der Waals surface area contributed by atoms with Gasteiger partial charge in [-0.1, -0.05) is 30.1 Å². The molecule has 31 heavy (non-hydrogen) atoms. The monoisotopic (exact) mass is 460 g/mol. The maximum absolute atomic E-state index is 11.5. The van der Waals surface area contributed by atoms with E-state index in [9.17, 15) is 9.59 Å². The summed E-state index contributed by atoms with van der Waals surface area (Å²) >= 11 is 12.6. The van der Waals surface area contributed by atoms with Crippen molar-refractivity contribution < 1.29 is 19.1 Å². The lowest BCUT2D eigenvalue weighted by molar-refractivity contribution is -0.129. The third kappa shape index (κ3) is 5.03. The lowest BCUT2D eigenvalue weighted by atomic mass is 10.2. The fraction of sp³-hybridized carbons (Fsp3) is 0.105. The van der Waals surface area contributed by atoms with Crippen LogP contribution in [0.2, 0.25) is 10.0 Å². The van der Waals surface area contributed by atoms with Crippen molar-refractivity contribution in [2.75, 3.05) is 5.43 Å². The van der Waals surface area contributed by atoms with Crippen LogP contribution in [0.1, 0.15) is 12.6 Å². The summed E-state index contributed by atoms with van der Waals surface area (Å²) in [5.41, 5.74) is 8.46. The fourth-order valence-electron chi connectivity index (χ4n) is 2.59. The highest BCUT2D eigenvalue weighted by atomic mass is 35.5. The second-order valence-corrected chi connectivity index (χ2v) is 6.81. The van der Waals surface area contributed by atoms with E-state index in [1.807, 2.05) is 13.0 Å². The Morgan fingerprint density at radius 1 is 1.29 bits per heavy atom. The highest BCUT2D eigenvalue weighted by Gasteiger charge is 2.17. The molecule has 3 rings (SSSR count). The molecule has 0 aliphatic carbocycles. The van der Waals surface area contributed by atoms with Crippen LogP contribution in [0.5, 0.6) is 11.5 Å². The Kier molecular flexibility index (Phi) is 6.59. The smallest absolute Gasteiger partial charge is 0.412 e. The summed E-state index contributed by atoms with van der Waals surface area (Å²) in [7, 11) is 0. The summed E-state index contributed by atoms with van der Waals surface area (Å²) in [6, 6.07) is 9.69. The van der Waals surface area contributed by atoms with E-state index >= 15 is 0 Å². The Bertz CT molecular complexity index is 1220. The number of H-pyrrole nitrogens is 1. The second kappa shape index (κ2) is 9.34. The van der Waals surface area contributed by atoms with Crippen LogP contribution in [0.3, 0.4) is 0 Å². The van der Waals surface area contributed by atoms with E-state index in [1.54, 1.807) is 12.1 Å². The minimum atomic E-state index is -1.36. The van der Waals surface area contributed by atoms with E-state index < -0.39 is 17.8 Å². The van der Waals surface area contributed by atoms with Crippen LogP contribution in [0.4, 0.5) is 10.5 Å². The molecule has 2 aromatic carbocycles. The number of esters is 1. The molecule has 1 aromatic heterocycles. The maximum Gasteiger partial charge on any atom is 0.412 e. The lowest BCUT2D eigenvalue weighted by Gasteiger charge is -2.11. The van der Waals surface area contributed by atoms with Gasteiger partial charge in [-0.3, -0.25) is 10.5 Å². The third-order valence-electron chi connectivity index (χ3n) is 3.97. The molecular formula is C19H14Cl2N6O4. The molecule has 0 unspecified atom stereocenters. The Balaban J connectivity index is 1.82. The molecule has 0 atom stereocenters. The van der Waals surface area contributed by atoms with Gasteiger partial charge in [-0.25, -0.2) is 9.59 Å². The second-order valence-electron chi connectivity index (χ2n) is 6.00. The largest absolute Gasteiger partial charge is 0.454 e. The summed E-state index contributed by atoms with van der Waals surface area (Å²) < 4.78 is 9.95. The fourth-order valence-corrected chi connectivity index (χ4v) is 3.16. The summed E-state index contributed by atoms with van der Waals surface area (Å²) in [5.74, 6) is -0.597. The molecule has 0 aliphatic heterocycles. The van der Waals surface area contributed by atoms with Crippen LogP contribution in [0, 0.1) is 11.3 Å². The normalized spacial score (nSPS) is 11.1. The number of nitrogens with two attached hydrogens (primary N) is 1. The highest BCUT2D eigenvalue weighted by Crippen LogP contribution is 2.39. The van der Waals surface area contributed by atoms with Crippen LogP contribution in [0.25, 0.3) is 10.9 Å².